The Balaban J connectivity index is 1.38. The van der Waals surface area contributed by atoms with Crippen molar-refractivity contribution < 1.29 is 4.79 Å². The van der Waals surface area contributed by atoms with Gasteiger partial charge in [0.15, 0.2) is 0 Å². The first kappa shape index (κ1) is 22.3. The maximum absolute atomic E-state index is 12.8. The molecule has 0 bridgehead atoms. The highest BCUT2D eigenvalue weighted by Gasteiger charge is 2.29. The highest BCUT2D eigenvalue weighted by atomic mass is 79.9. The van der Waals surface area contributed by atoms with Crippen molar-refractivity contribution in [1.82, 2.24) is 24.3 Å². The zero-order valence-corrected chi connectivity index (χ0v) is 21.7. The van der Waals surface area contributed by atoms with E-state index in [2.05, 4.69) is 55.4 Å². The number of imidazole rings is 1. The second-order valence-corrected chi connectivity index (χ2v) is 10.6. The molecule has 1 aliphatic rings. The average Bonchev–Trinajstić information content (AvgIpc) is 3.63. The number of carbonyl (C=O) groups excluding carboxylic acids is 1. The molecule has 0 saturated carbocycles. The molecule has 5 aromatic rings. The highest BCUT2D eigenvalue weighted by molar-refractivity contribution is 9.10. The molecule has 0 radical (unpaired) electrons. The van der Waals surface area contributed by atoms with E-state index in [0.717, 1.165) is 57.5 Å². The number of nitrogen functional groups attached to an aromatic ring is 1. The van der Waals surface area contributed by atoms with E-state index in [4.69, 9.17) is 10.7 Å². The second kappa shape index (κ2) is 8.80. The summed E-state index contributed by atoms with van der Waals surface area (Å²) in [5.41, 5.74) is 12.1. The number of nitrogens with two attached hydrogens (primary N) is 1. The van der Waals surface area contributed by atoms with E-state index in [9.17, 15) is 4.79 Å². The highest BCUT2D eigenvalue weighted by Crippen LogP contribution is 2.37. The van der Waals surface area contributed by atoms with E-state index in [1.807, 2.05) is 27.9 Å². The van der Waals surface area contributed by atoms with Crippen molar-refractivity contribution >= 4 is 55.4 Å². The normalized spacial score (nSPS) is 14.9. The quantitative estimate of drug-likeness (QED) is 0.294. The molecule has 0 unspecified atom stereocenters. The molecule has 0 atom stereocenters. The number of hydrogen-bond donors (Lipinski definition) is 2. The monoisotopic (exact) mass is 548 g/mol. The summed E-state index contributed by atoms with van der Waals surface area (Å²) < 4.78 is 3.11. The van der Waals surface area contributed by atoms with Crippen molar-refractivity contribution in [3.63, 3.8) is 0 Å². The number of carbonyl (C=O) groups is 1. The lowest BCUT2D eigenvalue weighted by Crippen LogP contribution is -2.38. The fourth-order valence-corrected chi connectivity index (χ4v) is 6.23. The van der Waals surface area contributed by atoms with Crippen LogP contribution in [0.1, 0.15) is 47.4 Å². The molecule has 1 fully saturated rings. The number of amides is 1. The number of H-pyrrole nitrogens is 1. The van der Waals surface area contributed by atoms with Gasteiger partial charge in [0.2, 0.25) is 0 Å². The number of aromatic amines is 1. The Morgan fingerprint density at radius 1 is 1.29 bits per heavy atom. The number of aryl methyl sites for hydroxylation is 1. The average molecular weight is 549 g/mol. The SMILES string of the molecule is CCc1ccc(Br)c2[nH]c(-c3nc(C4CCN(C(=O)c5ccsc5)CC4)n4ccnc(N)c34)cc12. The predicted octanol–water partition coefficient (Wildman–Crippen LogP) is 5.87. The largest absolute Gasteiger partial charge is 0.382 e. The first-order chi connectivity index (χ1) is 17.0. The van der Waals surface area contributed by atoms with Crippen LogP contribution in [0, 0.1) is 0 Å². The number of fused-ring (bicyclic) bond motifs is 2. The number of piperidine rings is 1. The van der Waals surface area contributed by atoms with Crippen molar-refractivity contribution in [2.75, 3.05) is 18.8 Å². The molecule has 7 nitrogen and oxygen atoms in total. The van der Waals surface area contributed by atoms with Gasteiger partial charge in [-0.15, -0.1) is 0 Å². The van der Waals surface area contributed by atoms with Gasteiger partial charge < -0.3 is 15.6 Å². The number of hydrogen-bond acceptors (Lipinski definition) is 5. The summed E-state index contributed by atoms with van der Waals surface area (Å²) in [7, 11) is 0. The first-order valence-corrected chi connectivity index (χ1v) is 13.5. The molecule has 0 aliphatic carbocycles. The minimum Gasteiger partial charge on any atom is -0.382 e. The van der Waals surface area contributed by atoms with Gasteiger partial charge in [0.05, 0.1) is 16.8 Å². The summed E-state index contributed by atoms with van der Waals surface area (Å²) in [4.78, 5) is 27.8. The first-order valence-electron chi connectivity index (χ1n) is 11.8. The minimum absolute atomic E-state index is 0.113. The Bertz CT molecular complexity index is 1550. The number of nitrogens with one attached hydrogen (secondary N) is 1. The number of halogens is 1. The molecular formula is C26H25BrN6OS. The van der Waals surface area contributed by atoms with E-state index in [1.54, 1.807) is 17.5 Å². The number of thiophene rings is 1. The third kappa shape index (κ3) is 3.73. The van der Waals surface area contributed by atoms with Gasteiger partial charge in [-0.2, -0.15) is 11.3 Å². The molecule has 1 amide bonds. The molecule has 178 valence electrons. The molecule has 1 saturated heterocycles. The molecule has 1 aliphatic heterocycles. The third-order valence-electron chi connectivity index (χ3n) is 7.00. The summed E-state index contributed by atoms with van der Waals surface area (Å²) in [5, 5.41) is 5.05. The van der Waals surface area contributed by atoms with E-state index in [-0.39, 0.29) is 11.8 Å². The molecular weight excluding hydrogens is 524 g/mol. The van der Waals surface area contributed by atoms with Gasteiger partial charge in [-0.25, -0.2) is 9.97 Å². The third-order valence-corrected chi connectivity index (χ3v) is 8.34. The minimum atomic E-state index is 0.113. The standard InChI is InChI=1S/C26H25BrN6OS/c1-2-15-3-4-19(27)21-18(15)13-20(30-21)22-23-24(28)29-8-11-33(23)25(31-22)16-5-9-32(10-6-16)26(34)17-7-12-35-14-17/h3-4,7-8,11-14,16,30H,2,5-6,9-10H2,1H3,(H2,28,29). The van der Waals surface area contributed by atoms with Gasteiger partial charge in [-0.3, -0.25) is 9.20 Å². The molecule has 6 rings (SSSR count). The van der Waals surface area contributed by atoms with Crippen LogP contribution in [-0.4, -0.2) is 43.2 Å². The Kier molecular flexibility index (Phi) is 5.61. The maximum Gasteiger partial charge on any atom is 0.254 e. The molecule has 1 aromatic carbocycles. The lowest BCUT2D eigenvalue weighted by atomic mass is 9.95. The van der Waals surface area contributed by atoms with Crippen molar-refractivity contribution in [3.05, 3.63) is 68.8 Å². The van der Waals surface area contributed by atoms with Crippen LogP contribution in [0.4, 0.5) is 5.82 Å². The Morgan fingerprint density at radius 2 is 2.11 bits per heavy atom. The molecule has 0 spiro atoms. The lowest BCUT2D eigenvalue weighted by Gasteiger charge is -2.31. The van der Waals surface area contributed by atoms with Gasteiger partial charge in [0, 0.05) is 46.6 Å². The smallest absolute Gasteiger partial charge is 0.254 e. The molecule has 3 N–H and O–H groups in total. The van der Waals surface area contributed by atoms with E-state index >= 15 is 0 Å². The fraction of sp³-hybridized carbons (Fsp3) is 0.269. The fourth-order valence-electron chi connectivity index (χ4n) is 5.15. The van der Waals surface area contributed by atoms with Crippen LogP contribution in [-0.2, 0) is 6.42 Å². The predicted molar refractivity (Wildman–Crippen MR) is 144 cm³/mol. The Morgan fingerprint density at radius 3 is 2.86 bits per heavy atom. The summed E-state index contributed by atoms with van der Waals surface area (Å²) in [6.45, 7) is 3.59. The van der Waals surface area contributed by atoms with Crippen LogP contribution in [0.15, 0.2) is 51.9 Å². The Hall–Kier alpha value is -3.17. The summed E-state index contributed by atoms with van der Waals surface area (Å²) >= 11 is 5.24. The maximum atomic E-state index is 12.8. The van der Waals surface area contributed by atoms with Crippen molar-refractivity contribution in [2.24, 2.45) is 0 Å². The number of aromatic nitrogens is 4. The topological polar surface area (TPSA) is 92.3 Å². The zero-order chi connectivity index (χ0) is 24.1. The molecule has 4 aromatic heterocycles. The molecule has 35 heavy (non-hydrogen) atoms. The number of likely N-dealkylation sites (tertiary alicyclic amines) is 1. The van der Waals surface area contributed by atoms with Gasteiger partial charge >= 0.3 is 0 Å². The van der Waals surface area contributed by atoms with Crippen LogP contribution >= 0.6 is 27.3 Å². The number of anilines is 1. The number of nitrogens with zero attached hydrogens (tertiary/aromatic N) is 4. The van der Waals surface area contributed by atoms with Crippen LogP contribution in [0.3, 0.4) is 0 Å². The van der Waals surface area contributed by atoms with Crippen molar-refractivity contribution in [1.29, 1.82) is 0 Å². The van der Waals surface area contributed by atoms with Crippen molar-refractivity contribution in [3.8, 4) is 11.4 Å². The number of rotatable bonds is 4. The van der Waals surface area contributed by atoms with Gasteiger partial charge in [-0.05, 0) is 64.3 Å². The van der Waals surface area contributed by atoms with E-state index in [0.29, 0.717) is 18.9 Å². The molecule has 9 heteroatoms. The van der Waals surface area contributed by atoms with Gasteiger partial charge in [0.25, 0.3) is 5.91 Å². The molecule has 5 heterocycles. The Labute approximate surface area is 215 Å². The lowest BCUT2D eigenvalue weighted by molar-refractivity contribution is 0.0711. The number of benzene rings is 1. The van der Waals surface area contributed by atoms with Crippen LogP contribution in [0.5, 0.6) is 0 Å². The van der Waals surface area contributed by atoms with Crippen LogP contribution < -0.4 is 5.73 Å². The van der Waals surface area contributed by atoms with E-state index in [1.165, 1.54) is 10.9 Å². The summed E-state index contributed by atoms with van der Waals surface area (Å²) in [6, 6.07) is 8.30. The summed E-state index contributed by atoms with van der Waals surface area (Å²) in [6.07, 6.45) is 6.33. The van der Waals surface area contributed by atoms with Crippen molar-refractivity contribution in [2.45, 2.75) is 32.1 Å². The summed E-state index contributed by atoms with van der Waals surface area (Å²) in [5.74, 6) is 1.77. The van der Waals surface area contributed by atoms with Gasteiger partial charge in [-0.1, -0.05) is 13.0 Å². The van der Waals surface area contributed by atoms with E-state index < -0.39 is 0 Å². The van der Waals surface area contributed by atoms with Crippen LogP contribution in [0.25, 0.3) is 27.8 Å². The zero-order valence-electron chi connectivity index (χ0n) is 19.3. The second-order valence-electron chi connectivity index (χ2n) is 8.96. The van der Waals surface area contributed by atoms with Crippen LogP contribution in [0.2, 0.25) is 0 Å². The van der Waals surface area contributed by atoms with Gasteiger partial charge in [0.1, 0.15) is 22.9 Å².